The molecule has 7 nitrogen and oxygen atoms in total. The van der Waals surface area contributed by atoms with Gasteiger partial charge >= 0.3 is 5.97 Å². The molecule has 0 radical (unpaired) electrons. The van der Waals surface area contributed by atoms with Gasteiger partial charge in [0.05, 0.1) is 12.3 Å². The number of nitrogens with zero attached hydrogens (tertiary/aromatic N) is 2. The minimum atomic E-state index is -0.557. The van der Waals surface area contributed by atoms with Crippen molar-refractivity contribution in [2.45, 2.75) is 26.9 Å². The highest BCUT2D eigenvalue weighted by atomic mass is 35.5. The first-order valence-corrected chi connectivity index (χ1v) is 12.6. The molecule has 1 amide bonds. The van der Waals surface area contributed by atoms with Gasteiger partial charge < -0.3 is 14.8 Å². The summed E-state index contributed by atoms with van der Waals surface area (Å²) in [5, 5.41) is 3.14. The second kappa shape index (κ2) is 12.8. The van der Waals surface area contributed by atoms with Crippen LogP contribution in [0.25, 0.3) is 11.1 Å². The molecule has 1 heterocycles. The molecule has 0 aliphatic heterocycles. The van der Waals surface area contributed by atoms with Crippen LogP contribution in [0.5, 0.6) is 5.75 Å². The van der Waals surface area contributed by atoms with Crippen molar-refractivity contribution < 1.29 is 19.1 Å². The molecule has 0 saturated heterocycles. The zero-order valence-corrected chi connectivity index (χ0v) is 22.0. The summed E-state index contributed by atoms with van der Waals surface area (Å²) in [7, 11) is 0. The summed E-state index contributed by atoms with van der Waals surface area (Å²) < 4.78 is 10.9. The fourth-order valence-electron chi connectivity index (χ4n) is 3.88. The topological polar surface area (TPSA) is 90.4 Å². The summed E-state index contributed by atoms with van der Waals surface area (Å²) in [5.41, 5.74) is 4.36. The van der Waals surface area contributed by atoms with Crippen molar-refractivity contribution in [3.63, 3.8) is 0 Å². The number of benzene rings is 3. The van der Waals surface area contributed by atoms with Gasteiger partial charge in [-0.25, -0.2) is 9.97 Å². The number of nitrogens with one attached hydrogen (secondary N) is 1. The average molecular weight is 530 g/mol. The zero-order valence-electron chi connectivity index (χ0n) is 21.2. The monoisotopic (exact) mass is 529 g/mol. The van der Waals surface area contributed by atoms with E-state index in [1.807, 2.05) is 78.9 Å². The first kappa shape index (κ1) is 26.8. The molecule has 0 bridgehead atoms. The Morgan fingerprint density at radius 3 is 2.32 bits per heavy atom. The van der Waals surface area contributed by atoms with Gasteiger partial charge in [-0.3, -0.25) is 9.59 Å². The van der Waals surface area contributed by atoms with Crippen molar-refractivity contribution in [2.75, 3.05) is 13.2 Å². The van der Waals surface area contributed by atoms with Gasteiger partial charge in [0.1, 0.15) is 19.0 Å². The van der Waals surface area contributed by atoms with Crippen molar-refractivity contribution >= 4 is 23.5 Å². The molecule has 0 unspecified atom stereocenters. The smallest absolute Gasteiger partial charge is 0.325 e. The molecule has 3 aromatic carbocycles. The number of aryl methyl sites for hydroxylation is 1. The number of hydrogen-bond acceptors (Lipinski definition) is 6. The van der Waals surface area contributed by atoms with Crippen LogP contribution < -0.4 is 10.1 Å². The molecule has 0 fully saturated rings. The number of esters is 1. The van der Waals surface area contributed by atoms with E-state index >= 15 is 0 Å². The largest absolute Gasteiger partial charge is 0.485 e. The van der Waals surface area contributed by atoms with E-state index in [0.29, 0.717) is 23.0 Å². The Kier molecular flexibility index (Phi) is 9.06. The Labute approximate surface area is 226 Å². The average Bonchev–Trinajstić information content (AvgIpc) is 2.93. The third-order valence-electron chi connectivity index (χ3n) is 5.73. The summed E-state index contributed by atoms with van der Waals surface area (Å²) in [5.74, 6) is -0.433. The first-order chi connectivity index (χ1) is 18.4. The Bertz CT molecular complexity index is 1410. The third kappa shape index (κ3) is 6.95. The van der Waals surface area contributed by atoms with Gasteiger partial charge in [-0.15, -0.1) is 0 Å². The van der Waals surface area contributed by atoms with Crippen molar-refractivity contribution in [1.29, 1.82) is 0 Å². The van der Waals surface area contributed by atoms with Crippen LogP contribution in [0.4, 0.5) is 0 Å². The lowest BCUT2D eigenvalue weighted by molar-refractivity contribution is -0.141. The van der Waals surface area contributed by atoms with Crippen molar-refractivity contribution in [2.24, 2.45) is 0 Å². The second-order valence-electron chi connectivity index (χ2n) is 8.51. The van der Waals surface area contributed by atoms with E-state index in [1.165, 1.54) is 0 Å². The van der Waals surface area contributed by atoms with Crippen LogP contribution in [0.1, 0.15) is 40.1 Å². The van der Waals surface area contributed by atoms with Crippen LogP contribution in [-0.2, 0) is 22.6 Å². The number of carbonyl (C=O) groups excluding carboxylic acids is 2. The van der Waals surface area contributed by atoms with Crippen LogP contribution in [0, 0.1) is 6.92 Å². The maximum absolute atomic E-state index is 13.1. The van der Waals surface area contributed by atoms with Crippen LogP contribution in [0.3, 0.4) is 0 Å². The van der Waals surface area contributed by atoms with Crippen LogP contribution in [0.2, 0.25) is 5.02 Å². The molecule has 194 valence electrons. The number of aromatic nitrogens is 2. The Hall–Kier alpha value is -4.23. The molecular formula is C30H28ClN3O4. The Morgan fingerprint density at radius 1 is 0.921 bits per heavy atom. The number of hydrogen-bond donors (Lipinski definition) is 1. The molecule has 0 saturated carbocycles. The Morgan fingerprint density at radius 2 is 1.63 bits per heavy atom. The summed E-state index contributed by atoms with van der Waals surface area (Å²) in [6.07, 6.45) is 0.311. The first-order valence-electron chi connectivity index (χ1n) is 12.3. The maximum atomic E-state index is 13.1. The minimum absolute atomic E-state index is 0.0461. The van der Waals surface area contributed by atoms with E-state index in [9.17, 15) is 9.59 Å². The Balaban J connectivity index is 1.60. The van der Waals surface area contributed by atoms with E-state index in [0.717, 1.165) is 22.3 Å². The van der Waals surface area contributed by atoms with Crippen molar-refractivity contribution in [1.82, 2.24) is 15.3 Å². The zero-order chi connectivity index (χ0) is 26.9. The minimum Gasteiger partial charge on any atom is -0.485 e. The fourth-order valence-corrected chi connectivity index (χ4v) is 4.12. The van der Waals surface area contributed by atoms with Crippen molar-refractivity contribution in [3.8, 4) is 16.9 Å². The summed E-state index contributed by atoms with van der Waals surface area (Å²) in [6.45, 7) is 3.63. The number of carbonyl (C=O) groups is 2. The lowest BCUT2D eigenvalue weighted by atomic mass is 10.0. The molecule has 0 aliphatic rings. The summed E-state index contributed by atoms with van der Waals surface area (Å²) in [4.78, 5) is 34.0. The number of amides is 1. The van der Waals surface area contributed by atoms with E-state index < -0.39 is 11.9 Å². The molecule has 8 heteroatoms. The van der Waals surface area contributed by atoms with E-state index in [1.54, 1.807) is 13.8 Å². The van der Waals surface area contributed by atoms with Crippen LogP contribution in [0.15, 0.2) is 78.9 Å². The predicted octanol–water partition coefficient (Wildman–Crippen LogP) is 5.57. The van der Waals surface area contributed by atoms with Crippen LogP contribution >= 0.6 is 11.6 Å². The highest BCUT2D eigenvalue weighted by molar-refractivity contribution is 6.31. The van der Waals surface area contributed by atoms with E-state index in [2.05, 4.69) is 15.3 Å². The summed E-state index contributed by atoms with van der Waals surface area (Å²) in [6, 6.07) is 25.4. The molecule has 1 aromatic heterocycles. The highest BCUT2D eigenvalue weighted by Crippen LogP contribution is 2.28. The van der Waals surface area contributed by atoms with Crippen LogP contribution in [-0.4, -0.2) is 35.0 Å². The third-order valence-corrected chi connectivity index (χ3v) is 6.08. The SMILES string of the molecule is CCOC(=O)CNC(=O)c1nc(Cc2ccc(-c3ccccc3)cc2Cl)nc(C)c1OCc1ccccc1. The molecule has 38 heavy (non-hydrogen) atoms. The number of halogens is 1. The van der Waals surface area contributed by atoms with Gasteiger partial charge in [-0.2, -0.15) is 0 Å². The quantitative estimate of drug-likeness (QED) is 0.270. The summed E-state index contributed by atoms with van der Waals surface area (Å²) >= 11 is 6.62. The second-order valence-corrected chi connectivity index (χ2v) is 8.92. The van der Waals surface area contributed by atoms with Gasteiger partial charge in [0, 0.05) is 11.4 Å². The van der Waals surface area contributed by atoms with Gasteiger partial charge in [-0.1, -0.05) is 84.4 Å². The van der Waals surface area contributed by atoms with Gasteiger partial charge in [0.25, 0.3) is 5.91 Å². The molecule has 0 atom stereocenters. The highest BCUT2D eigenvalue weighted by Gasteiger charge is 2.21. The van der Waals surface area contributed by atoms with Gasteiger partial charge in [0.15, 0.2) is 11.4 Å². The lowest BCUT2D eigenvalue weighted by Crippen LogP contribution is -2.32. The lowest BCUT2D eigenvalue weighted by Gasteiger charge is -2.15. The normalized spacial score (nSPS) is 10.6. The number of rotatable bonds is 10. The molecule has 0 aliphatic carbocycles. The molecule has 4 rings (SSSR count). The predicted molar refractivity (Wildman–Crippen MR) is 146 cm³/mol. The molecule has 1 N–H and O–H groups in total. The van der Waals surface area contributed by atoms with Crippen molar-refractivity contribution in [3.05, 3.63) is 112 Å². The van der Waals surface area contributed by atoms with E-state index in [4.69, 9.17) is 21.1 Å². The maximum Gasteiger partial charge on any atom is 0.325 e. The number of ether oxygens (including phenoxy) is 2. The molecule has 4 aromatic rings. The standard InChI is InChI=1S/C30H28ClN3O4/c1-3-37-27(35)18-32-30(36)28-29(38-19-21-10-6-4-7-11-21)20(2)33-26(34-28)17-24-15-14-23(16-25(24)31)22-12-8-5-9-13-22/h4-16H,3,17-19H2,1-2H3,(H,32,36). The molecular weight excluding hydrogens is 502 g/mol. The van der Waals surface area contributed by atoms with Gasteiger partial charge in [0.2, 0.25) is 0 Å². The van der Waals surface area contributed by atoms with Gasteiger partial charge in [-0.05, 0) is 42.2 Å². The molecule has 0 spiro atoms. The van der Waals surface area contributed by atoms with E-state index in [-0.39, 0.29) is 31.2 Å². The fraction of sp³-hybridized carbons (Fsp3) is 0.200.